The molecule has 13 rings (SSSR count). The van der Waals surface area contributed by atoms with Gasteiger partial charge in [0.15, 0.2) is 0 Å². The molecule has 0 unspecified atom stereocenters. The normalized spacial score (nSPS) is 12.3. The Balaban J connectivity index is 1.05. The van der Waals surface area contributed by atoms with Gasteiger partial charge in [-0.1, -0.05) is 133 Å². The van der Waals surface area contributed by atoms with Gasteiger partial charge in [0, 0.05) is 27.6 Å². The molecule has 0 aliphatic heterocycles. The smallest absolute Gasteiger partial charge is 0.139 e. The topological polar surface area (TPSA) is 26.3 Å². The molecule has 0 bridgehead atoms. The van der Waals surface area contributed by atoms with Crippen molar-refractivity contribution in [3.63, 3.8) is 0 Å². The standard InChI is InChI=1S/C54H30O2/c1-7-15-39-31(9-1)17-21-41-37-13-5-3-11-33(37)25-43(53(39)41)35-19-23-49-45(27-35)47-29-48-46-28-36(20-24-50(46)56-52(48)30-51(47)55-49)44-26-34-12-4-6-14-38(34)42-22-18-32-10-2-8-16-40(32)54(42)44/h1-30H. The van der Waals surface area contributed by atoms with Gasteiger partial charge in [-0.3, -0.25) is 0 Å². The SMILES string of the molecule is c1ccc2c(c1)cc(-c1ccc3oc4cc5oc6ccc(-c7cc8ccccc8c8ccc9ccccc9c78)cc6c5cc4c3c1)c1c3ccccc3ccc21. The summed E-state index contributed by atoms with van der Waals surface area (Å²) < 4.78 is 13.1. The largest absolute Gasteiger partial charge is 0.456 e. The van der Waals surface area contributed by atoms with E-state index in [1.54, 1.807) is 0 Å². The lowest BCUT2D eigenvalue weighted by atomic mass is 9.89. The molecule has 2 nitrogen and oxygen atoms in total. The van der Waals surface area contributed by atoms with E-state index in [0.29, 0.717) is 0 Å². The van der Waals surface area contributed by atoms with Crippen molar-refractivity contribution in [2.24, 2.45) is 0 Å². The number of hydrogen-bond donors (Lipinski definition) is 0. The predicted molar refractivity (Wildman–Crippen MR) is 237 cm³/mol. The van der Waals surface area contributed by atoms with E-state index in [4.69, 9.17) is 8.83 Å². The van der Waals surface area contributed by atoms with Crippen LogP contribution in [0, 0.1) is 0 Å². The zero-order chi connectivity index (χ0) is 36.5. The molecule has 11 aromatic carbocycles. The second kappa shape index (κ2) is 11.1. The summed E-state index contributed by atoms with van der Waals surface area (Å²) in [5, 5.41) is 19.5. The first-order chi connectivity index (χ1) is 27.7. The summed E-state index contributed by atoms with van der Waals surface area (Å²) in [4.78, 5) is 0. The molecule has 0 saturated heterocycles. The molecule has 2 heterocycles. The first-order valence-corrected chi connectivity index (χ1v) is 19.2. The molecule has 258 valence electrons. The molecular formula is C54H30O2. The maximum absolute atomic E-state index is 6.54. The first kappa shape index (κ1) is 30.0. The molecule has 0 amide bonds. The van der Waals surface area contributed by atoms with Crippen LogP contribution in [0.4, 0.5) is 0 Å². The fourth-order valence-corrected chi connectivity index (χ4v) is 9.60. The second-order valence-electron chi connectivity index (χ2n) is 15.2. The van der Waals surface area contributed by atoms with Gasteiger partial charge in [0.25, 0.3) is 0 Å². The summed E-state index contributed by atoms with van der Waals surface area (Å²) in [6.45, 7) is 0. The van der Waals surface area contributed by atoms with E-state index < -0.39 is 0 Å². The minimum atomic E-state index is 0.824. The lowest BCUT2D eigenvalue weighted by molar-refractivity contribution is 0.656. The third-order valence-corrected chi connectivity index (χ3v) is 12.2. The maximum atomic E-state index is 6.54. The molecule has 0 saturated carbocycles. The van der Waals surface area contributed by atoms with Gasteiger partial charge in [-0.25, -0.2) is 0 Å². The quantitative estimate of drug-likeness (QED) is 0.167. The van der Waals surface area contributed by atoms with Crippen molar-refractivity contribution in [2.75, 3.05) is 0 Å². The molecule has 0 aliphatic rings. The maximum Gasteiger partial charge on any atom is 0.139 e. The van der Waals surface area contributed by atoms with E-state index in [1.165, 1.54) is 86.9 Å². The van der Waals surface area contributed by atoms with Crippen LogP contribution >= 0.6 is 0 Å². The Morgan fingerprint density at radius 2 is 0.643 bits per heavy atom. The van der Waals surface area contributed by atoms with Crippen molar-refractivity contribution < 1.29 is 8.83 Å². The van der Waals surface area contributed by atoms with Gasteiger partial charge in [-0.15, -0.1) is 0 Å². The predicted octanol–water partition coefficient (Wildman–Crippen LogP) is 15.7. The molecule has 56 heavy (non-hydrogen) atoms. The van der Waals surface area contributed by atoms with Crippen LogP contribution in [-0.4, -0.2) is 0 Å². The van der Waals surface area contributed by atoms with Crippen molar-refractivity contribution in [3.05, 3.63) is 182 Å². The van der Waals surface area contributed by atoms with E-state index in [-0.39, 0.29) is 0 Å². The van der Waals surface area contributed by atoms with Crippen molar-refractivity contribution >= 4 is 109 Å². The number of hydrogen-bond acceptors (Lipinski definition) is 2. The van der Waals surface area contributed by atoms with Gasteiger partial charge < -0.3 is 8.83 Å². The summed E-state index contributed by atoms with van der Waals surface area (Å²) >= 11 is 0. The highest BCUT2D eigenvalue weighted by Gasteiger charge is 2.18. The average molecular weight is 711 g/mol. The molecule has 0 radical (unpaired) electrons. The fraction of sp³-hybridized carbons (Fsp3) is 0. The Kier molecular flexibility index (Phi) is 5.92. The highest BCUT2D eigenvalue weighted by Crippen LogP contribution is 2.44. The van der Waals surface area contributed by atoms with Gasteiger partial charge in [0.1, 0.15) is 22.3 Å². The Morgan fingerprint density at radius 3 is 1.12 bits per heavy atom. The summed E-state index contributed by atoms with van der Waals surface area (Å²) in [5.74, 6) is 0. The number of furan rings is 2. The zero-order valence-electron chi connectivity index (χ0n) is 30.1. The van der Waals surface area contributed by atoms with E-state index in [0.717, 1.165) is 43.9 Å². The van der Waals surface area contributed by atoms with Gasteiger partial charge >= 0.3 is 0 Å². The number of rotatable bonds is 2. The highest BCUT2D eigenvalue weighted by molar-refractivity contribution is 6.25. The summed E-state index contributed by atoms with van der Waals surface area (Å²) in [7, 11) is 0. The zero-order valence-corrected chi connectivity index (χ0v) is 30.1. The van der Waals surface area contributed by atoms with Gasteiger partial charge in [0.2, 0.25) is 0 Å². The number of fused-ring (bicyclic) bond motifs is 16. The summed E-state index contributed by atoms with van der Waals surface area (Å²) in [6, 6.07) is 66.3. The lowest BCUT2D eigenvalue weighted by Crippen LogP contribution is -1.87. The van der Waals surface area contributed by atoms with Crippen LogP contribution in [0.2, 0.25) is 0 Å². The van der Waals surface area contributed by atoms with Crippen molar-refractivity contribution in [1.82, 2.24) is 0 Å². The van der Waals surface area contributed by atoms with Gasteiger partial charge in [0.05, 0.1) is 0 Å². The highest BCUT2D eigenvalue weighted by atomic mass is 16.3. The Morgan fingerprint density at radius 1 is 0.232 bits per heavy atom. The van der Waals surface area contributed by atoms with Crippen LogP contribution in [0.15, 0.2) is 191 Å². The van der Waals surface area contributed by atoms with Crippen LogP contribution in [-0.2, 0) is 0 Å². The van der Waals surface area contributed by atoms with E-state index >= 15 is 0 Å². The van der Waals surface area contributed by atoms with Crippen LogP contribution < -0.4 is 0 Å². The monoisotopic (exact) mass is 710 g/mol. The summed E-state index contributed by atoms with van der Waals surface area (Å²) in [5.41, 5.74) is 8.17. The third kappa shape index (κ3) is 4.16. The molecule has 0 aliphatic carbocycles. The molecule has 0 N–H and O–H groups in total. The van der Waals surface area contributed by atoms with Crippen LogP contribution in [0.3, 0.4) is 0 Å². The van der Waals surface area contributed by atoms with Crippen molar-refractivity contribution in [2.45, 2.75) is 0 Å². The minimum absolute atomic E-state index is 0.824. The van der Waals surface area contributed by atoms with Crippen molar-refractivity contribution in [1.29, 1.82) is 0 Å². The molecule has 2 aromatic heterocycles. The van der Waals surface area contributed by atoms with Crippen LogP contribution in [0.5, 0.6) is 0 Å². The Hall–Kier alpha value is -7.42. The van der Waals surface area contributed by atoms with E-state index in [9.17, 15) is 0 Å². The second-order valence-corrected chi connectivity index (χ2v) is 15.2. The minimum Gasteiger partial charge on any atom is -0.456 e. The molecule has 0 spiro atoms. The van der Waals surface area contributed by atoms with Crippen LogP contribution in [0.1, 0.15) is 0 Å². The molecule has 0 atom stereocenters. The Bertz CT molecular complexity index is 3570. The molecule has 13 aromatic rings. The Labute approximate surface area is 320 Å². The van der Waals surface area contributed by atoms with Gasteiger partial charge in [-0.2, -0.15) is 0 Å². The molecular weight excluding hydrogens is 681 g/mol. The lowest BCUT2D eigenvalue weighted by Gasteiger charge is -2.14. The third-order valence-electron chi connectivity index (χ3n) is 12.2. The van der Waals surface area contributed by atoms with Crippen LogP contribution in [0.25, 0.3) is 131 Å². The summed E-state index contributed by atoms with van der Waals surface area (Å²) in [6.07, 6.45) is 0. The molecule has 2 heteroatoms. The molecule has 0 fully saturated rings. The average Bonchev–Trinajstić information content (AvgIpc) is 3.80. The van der Waals surface area contributed by atoms with Crippen molar-refractivity contribution in [3.8, 4) is 22.3 Å². The fourth-order valence-electron chi connectivity index (χ4n) is 9.60. The van der Waals surface area contributed by atoms with E-state index in [1.807, 2.05) is 0 Å². The first-order valence-electron chi connectivity index (χ1n) is 19.2. The van der Waals surface area contributed by atoms with E-state index in [2.05, 4.69) is 182 Å². The van der Waals surface area contributed by atoms with Gasteiger partial charge in [-0.05, 0) is 129 Å². The number of benzene rings is 11.